The van der Waals surface area contributed by atoms with E-state index in [1.807, 2.05) is 31.2 Å². The summed E-state index contributed by atoms with van der Waals surface area (Å²) < 4.78 is 16.7. The summed E-state index contributed by atoms with van der Waals surface area (Å²) in [5.41, 5.74) is 0. The van der Waals surface area contributed by atoms with Crippen molar-refractivity contribution < 1.29 is 18.8 Å². The van der Waals surface area contributed by atoms with Crippen LogP contribution in [-0.2, 0) is 11.2 Å². The Morgan fingerprint density at radius 1 is 1.32 bits per heavy atom. The summed E-state index contributed by atoms with van der Waals surface area (Å²) in [6.45, 7) is 5.35. The summed E-state index contributed by atoms with van der Waals surface area (Å²) in [6.07, 6.45) is 1.58. The molecule has 0 radical (unpaired) electrons. The lowest BCUT2D eigenvalue weighted by molar-refractivity contribution is -0.132. The van der Waals surface area contributed by atoms with Gasteiger partial charge in [-0.05, 0) is 32.4 Å². The standard InChI is InChI=1S/C18H23N3O4/c1-3-21(18(22)10-6-9-17-19-13(2)20-25-17)11-14-12-23-15-7-4-5-8-16(15)24-14/h4-5,7-8,14H,3,6,9-12H2,1-2H3. The largest absolute Gasteiger partial charge is 0.486 e. The van der Waals surface area contributed by atoms with Gasteiger partial charge in [-0.1, -0.05) is 17.3 Å². The molecule has 7 nitrogen and oxygen atoms in total. The number of aryl methyl sites for hydroxylation is 2. The first-order chi connectivity index (χ1) is 12.2. The molecule has 25 heavy (non-hydrogen) atoms. The predicted molar refractivity (Wildman–Crippen MR) is 90.6 cm³/mol. The molecule has 0 saturated carbocycles. The molecule has 0 spiro atoms. The molecule has 0 fully saturated rings. The van der Waals surface area contributed by atoms with Gasteiger partial charge in [0.15, 0.2) is 23.4 Å². The zero-order chi connectivity index (χ0) is 17.6. The van der Waals surface area contributed by atoms with E-state index in [0.29, 0.717) is 50.7 Å². The Bertz CT molecular complexity index is 716. The van der Waals surface area contributed by atoms with Crippen molar-refractivity contribution >= 4 is 5.91 Å². The number of carbonyl (C=O) groups excluding carboxylic acids is 1. The second-order valence-electron chi connectivity index (χ2n) is 6.02. The van der Waals surface area contributed by atoms with Crippen molar-refractivity contribution in [2.75, 3.05) is 19.7 Å². The molecule has 0 saturated heterocycles. The van der Waals surface area contributed by atoms with Crippen LogP contribution in [0.25, 0.3) is 0 Å². The summed E-state index contributed by atoms with van der Waals surface area (Å²) in [5.74, 6) is 2.78. The quantitative estimate of drug-likeness (QED) is 0.767. The molecule has 1 aliphatic rings. The summed E-state index contributed by atoms with van der Waals surface area (Å²) in [5, 5.41) is 3.75. The Hall–Kier alpha value is -2.57. The average Bonchev–Trinajstić information content (AvgIpc) is 3.04. The first-order valence-corrected chi connectivity index (χ1v) is 8.61. The number of aromatic nitrogens is 2. The molecular formula is C18H23N3O4. The lowest BCUT2D eigenvalue weighted by atomic mass is 10.2. The molecule has 0 aliphatic carbocycles. The number of hydrogen-bond acceptors (Lipinski definition) is 6. The van der Waals surface area contributed by atoms with Gasteiger partial charge >= 0.3 is 0 Å². The van der Waals surface area contributed by atoms with E-state index in [9.17, 15) is 4.79 Å². The highest BCUT2D eigenvalue weighted by atomic mass is 16.6. The summed E-state index contributed by atoms with van der Waals surface area (Å²) in [4.78, 5) is 18.4. The highest BCUT2D eigenvalue weighted by molar-refractivity contribution is 5.76. The van der Waals surface area contributed by atoms with E-state index in [-0.39, 0.29) is 12.0 Å². The van der Waals surface area contributed by atoms with Crippen LogP contribution in [0.3, 0.4) is 0 Å². The number of para-hydroxylation sites is 2. The van der Waals surface area contributed by atoms with Crippen molar-refractivity contribution in [3.05, 3.63) is 36.0 Å². The molecule has 3 rings (SSSR count). The Labute approximate surface area is 146 Å². The maximum Gasteiger partial charge on any atom is 0.226 e. The number of amides is 1. The van der Waals surface area contributed by atoms with Crippen molar-refractivity contribution in [2.24, 2.45) is 0 Å². The van der Waals surface area contributed by atoms with E-state index < -0.39 is 0 Å². The van der Waals surface area contributed by atoms with Gasteiger partial charge in [0.05, 0.1) is 6.54 Å². The van der Waals surface area contributed by atoms with E-state index in [2.05, 4.69) is 10.1 Å². The van der Waals surface area contributed by atoms with Crippen LogP contribution in [0.5, 0.6) is 11.5 Å². The van der Waals surface area contributed by atoms with Crippen molar-refractivity contribution in [1.82, 2.24) is 15.0 Å². The molecular weight excluding hydrogens is 322 g/mol. The van der Waals surface area contributed by atoms with E-state index in [1.54, 1.807) is 11.8 Å². The monoisotopic (exact) mass is 345 g/mol. The number of fused-ring (bicyclic) bond motifs is 1. The number of carbonyl (C=O) groups is 1. The topological polar surface area (TPSA) is 77.7 Å². The lowest BCUT2D eigenvalue weighted by Gasteiger charge is -2.31. The third-order valence-electron chi connectivity index (χ3n) is 4.08. The molecule has 0 N–H and O–H groups in total. The van der Waals surface area contributed by atoms with Gasteiger partial charge in [0.1, 0.15) is 6.61 Å². The second-order valence-corrected chi connectivity index (χ2v) is 6.02. The molecule has 2 aromatic rings. The van der Waals surface area contributed by atoms with Gasteiger partial charge in [0, 0.05) is 19.4 Å². The SMILES string of the molecule is CCN(CC1COc2ccccc2O1)C(=O)CCCc1nc(C)no1. The van der Waals surface area contributed by atoms with Crippen molar-refractivity contribution in [2.45, 2.75) is 39.2 Å². The third-order valence-corrected chi connectivity index (χ3v) is 4.08. The smallest absolute Gasteiger partial charge is 0.226 e. The molecule has 134 valence electrons. The van der Waals surface area contributed by atoms with Gasteiger partial charge < -0.3 is 18.9 Å². The van der Waals surface area contributed by atoms with Crippen LogP contribution in [-0.4, -0.2) is 46.7 Å². The number of rotatable bonds is 7. The van der Waals surface area contributed by atoms with Crippen LogP contribution >= 0.6 is 0 Å². The highest BCUT2D eigenvalue weighted by Gasteiger charge is 2.24. The number of likely N-dealkylation sites (N-methyl/N-ethyl adjacent to an activating group) is 1. The number of benzene rings is 1. The molecule has 1 aromatic carbocycles. The minimum absolute atomic E-state index is 0.0983. The van der Waals surface area contributed by atoms with Gasteiger partial charge in [-0.2, -0.15) is 4.98 Å². The van der Waals surface area contributed by atoms with E-state index >= 15 is 0 Å². The maximum atomic E-state index is 12.5. The first kappa shape index (κ1) is 17.3. The number of hydrogen-bond donors (Lipinski definition) is 0. The molecule has 1 amide bonds. The fraction of sp³-hybridized carbons (Fsp3) is 0.500. The molecule has 1 aliphatic heterocycles. The van der Waals surface area contributed by atoms with Crippen molar-refractivity contribution in [3.8, 4) is 11.5 Å². The second kappa shape index (κ2) is 8.00. The first-order valence-electron chi connectivity index (χ1n) is 8.61. The Morgan fingerprint density at radius 3 is 2.84 bits per heavy atom. The number of ether oxygens (including phenoxy) is 2. The van der Waals surface area contributed by atoms with Crippen molar-refractivity contribution in [1.29, 1.82) is 0 Å². The van der Waals surface area contributed by atoms with E-state index in [1.165, 1.54) is 0 Å². The molecule has 1 aromatic heterocycles. The summed E-state index contributed by atoms with van der Waals surface area (Å²) in [6, 6.07) is 7.58. The van der Waals surface area contributed by atoms with Gasteiger partial charge in [0.25, 0.3) is 0 Å². The minimum atomic E-state index is -0.155. The molecule has 1 unspecified atom stereocenters. The Balaban J connectivity index is 1.47. The maximum absolute atomic E-state index is 12.5. The highest BCUT2D eigenvalue weighted by Crippen LogP contribution is 2.31. The fourth-order valence-electron chi connectivity index (χ4n) is 2.80. The Morgan fingerprint density at radius 2 is 2.12 bits per heavy atom. The molecule has 2 heterocycles. The van der Waals surface area contributed by atoms with Gasteiger partial charge in [-0.3, -0.25) is 4.79 Å². The third kappa shape index (κ3) is 4.49. The van der Waals surface area contributed by atoms with Crippen LogP contribution in [0, 0.1) is 6.92 Å². The molecule has 0 bridgehead atoms. The minimum Gasteiger partial charge on any atom is -0.486 e. The van der Waals surface area contributed by atoms with Crippen LogP contribution in [0.4, 0.5) is 0 Å². The molecule has 1 atom stereocenters. The van der Waals surface area contributed by atoms with Crippen LogP contribution < -0.4 is 9.47 Å². The number of nitrogens with zero attached hydrogens (tertiary/aromatic N) is 3. The molecule has 7 heteroatoms. The van der Waals surface area contributed by atoms with Crippen LogP contribution in [0.2, 0.25) is 0 Å². The van der Waals surface area contributed by atoms with E-state index in [0.717, 1.165) is 11.5 Å². The summed E-state index contributed by atoms with van der Waals surface area (Å²) in [7, 11) is 0. The lowest BCUT2D eigenvalue weighted by Crippen LogP contribution is -2.43. The van der Waals surface area contributed by atoms with Gasteiger partial charge in [-0.25, -0.2) is 0 Å². The van der Waals surface area contributed by atoms with E-state index in [4.69, 9.17) is 14.0 Å². The van der Waals surface area contributed by atoms with Crippen LogP contribution in [0.1, 0.15) is 31.5 Å². The summed E-state index contributed by atoms with van der Waals surface area (Å²) >= 11 is 0. The fourth-order valence-corrected chi connectivity index (χ4v) is 2.80. The van der Waals surface area contributed by atoms with Crippen LogP contribution in [0.15, 0.2) is 28.8 Å². The van der Waals surface area contributed by atoms with Gasteiger partial charge in [-0.15, -0.1) is 0 Å². The van der Waals surface area contributed by atoms with Gasteiger partial charge in [0.2, 0.25) is 11.8 Å². The van der Waals surface area contributed by atoms with Crippen molar-refractivity contribution in [3.63, 3.8) is 0 Å². The Kier molecular flexibility index (Phi) is 5.53. The zero-order valence-electron chi connectivity index (χ0n) is 14.6. The zero-order valence-corrected chi connectivity index (χ0v) is 14.6. The average molecular weight is 345 g/mol. The predicted octanol–water partition coefficient (Wildman–Crippen LogP) is 2.39. The normalized spacial score (nSPS) is 15.8.